The highest BCUT2D eigenvalue weighted by Crippen LogP contribution is 2.26. The number of aliphatic carboxylic acids is 1. The first-order valence-corrected chi connectivity index (χ1v) is 7.68. The largest absolute Gasteiger partial charge is 0.481 e. The lowest BCUT2D eigenvalue weighted by molar-refractivity contribution is -0.137. The molecule has 1 aliphatic rings. The van der Waals surface area contributed by atoms with Gasteiger partial charge in [0, 0.05) is 18.4 Å². The Morgan fingerprint density at radius 1 is 1.29 bits per heavy atom. The molecule has 114 valence electrons. The standard InChI is InChI=1S/C18H24O3/c1-2-3-7-11-16-15(13-14-17(16)19)10-8-5-4-6-9-12-18(20)21/h3,5,7,10H,2,4,6,9,11-14H2,1H3,(H,20,21). The molecule has 0 aliphatic heterocycles. The highest BCUT2D eigenvalue weighted by molar-refractivity contribution is 5.99. The Balaban J connectivity index is 2.49. The maximum atomic E-state index is 11.8. The van der Waals surface area contributed by atoms with E-state index in [0.717, 1.165) is 43.3 Å². The number of hydrogen-bond acceptors (Lipinski definition) is 2. The van der Waals surface area contributed by atoms with Crippen LogP contribution in [-0.2, 0) is 9.59 Å². The Hall–Kier alpha value is -1.86. The van der Waals surface area contributed by atoms with E-state index in [4.69, 9.17) is 5.11 Å². The van der Waals surface area contributed by atoms with Crippen molar-refractivity contribution in [3.05, 3.63) is 41.2 Å². The van der Waals surface area contributed by atoms with E-state index >= 15 is 0 Å². The third-order valence-electron chi connectivity index (χ3n) is 3.43. The lowest BCUT2D eigenvalue weighted by atomic mass is 10.1. The highest BCUT2D eigenvalue weighted by Gasteiger charge is 2.19. The Morgan fingerprint density at radius 2 is 2.10 bits per heavy atom. The Labute approximate surface area is 126 Å². The Morgan fingerprint density at radius 3 is 2.81 bits per heavy atom. The highest BCUT2D eigenvalue weighted by atomic mass is 16.4. The van der Waals surface area contributed by atoms with Gasteiger partial charge in [-0.1, -0.05) is 19.1 Å². The number of hydrogen-bond donors (Lipinski definition) is 1. The van der Waals surface area contributed by atoms with Crippen molar-refractivity contribution in [2.24, 2.45) is 0 Å². The molecular formula is C18H24O3. The molecule has 3 nitrogen and oxygen atoms in total. The smallest absolute Gasteiger partial charge is 0.303 e. The fourth-order valence-electron chi connectivity index (χ4n) is 2.27. The van der Waals surface area contributed by atoms with Gasteiger partial charge >= 0.3 is 5.97 Å². The summed E-state index contributed by atoms with van der Waals surface area (Å²) in [7, 11) is 0. The van der Waals surface area contributed by atoms with Crippen molar-refractivity contribution in [3.8, 4) is 0 Å². The van der Waals surface area contributed by atoms with E-state index in [2.05, 4.69) is 24.8 Å². The second-order valence-corrected chi connectivity index (χ2v) is 5.17. The van der Waals surface area contributed by atoms with Crippen LogP contribution in [0.4, 0.5) is 0 Å². The van der Waals surface area contributed by atoms with Crippen molar-refractivity contribution in [1.29, 1.82) is 0 Å². The summed E-state index contributed by atoms with van der Waals surface area (Å²) in [5.41, 5.74) is 5.15. The summed E-state index contributed by atoms with van der Waals surface area (Å²) in [4.78, 5) is 22.2. The molecule has 0 bridgehead atoms. The van der Waals surface area contributed by atoms with Gasteiger partial charge in [0.2, 0.25) is 0 Å². The molecular weight excluding hydrogens is 264 g/mol. The summed E-state index contributed by atoms with van der Waals surface area (Å²) in [6, 6.07) is 0. The number of unbranched alkanes of at least 4 members (excludes halogenated alkanes) is 2. The van der Waals surface area contributed by atoms with Crippen LogP contribution in [0.15, 0.2) is 41.2 Å². The average molecular weight is 288 g/mol. The lowest BCUT2D eigenvalue weighted by Gasteiger charge is -1.97. The SMILES string of the molecule is CCC=CCC1=C(C=C=CCCCCC(=O)O)CCC1=O. The van der Waals surface area contributed by atoms with Crippen LogP contribution in [0.5, 0.6) is 0 Å². The van der Waals surface area contributed by atoms with Crippen LogP contribution in [0.25, 0.3) is 0 Å². The lowest BCUT2D eigenvalue weighted by Crippen LogP contribution is -1.94. The molecule has 0 saturated carbocycles. The van der Waals surface area contributed by atoms with Gasteiger partial charge in [-0.2, -0.15) is 0 Å². The van der Waals surface area contributed by atoms with Gasteiger partial charge in [0.15, 0.2) is 5.78 Å². The normalized spacial score (nSPS) is 14.6. The molecule has 1 N–H and O–H groups in total. The molecule has 0 radical (unpaired) electrons. The van der Waals surface area contributed by atoms with Crippen molar-refractivity contribution < 1.29 is 14.7 Å². The molecule has 21 heavy (non-hydrogen) atoms. The van der Waals surface area contributed by atoms with E-state index < -0.39 is 5.97 Å². The maximum absolute atomic E-state index is 11.8. The number of carboxylic acid groups (broad SMARTS) is 1. The third-order valence-corrected chi connectivity index (χ3v) is 3.43. The molecule has 0 spiro atoms. The van der Waals surface area contributed by atoms with E-state index in [0.29, 0.717) is 12.8 Å². The topological polar surface area (TPSA) is 54.4 Å². The summed E-state index contributed by atoms with van der Waals surface area (Å²) in [6.07, 6.45) is 13.7. The van der Waals surface area contributed by atoms with E-state index in [1.807, 2.05) is 12.2 Å². The number of carbonyl (C=O) groups excluding carboxylic acids is 1. The zero-order valence-electron chi connectivity index (χ0n) is 12.7. The monoisotopic (exact) mass is 288 g/mol. The first kappa shape index (κ1) is 17.2. The van der Waals surface area contributed by atoms with Gasteiger partial charge < -0.3 is 5.11 Å². The summed E-state index contributed by atoms with van der Waals surface area (Å²) in [5, 5.41) is 8.53. The third kappa shape index (κ3) is 6.92. The summed E-state index contributed by atoms with van der Waals surface area (Å²) < 4.78 is 0. The predicted molar refractivity (Wildman–Crippen MR) is 84.1 cm³/mol. The van der Waals surface area contributed by atoms with Gasteiger partial charge in [-0.25, -0.2) is 0 Å². The van der Waals surface area contributed by atoms with E-state index in [-0.39, 0.29) is 12.2 Å². The molecule has 1 rings (SSSR count). The minimum absolute atomic E-state index is 0.227. The van der Waals surface area contributed by atoms with Gasteiger partial charge in [0.25, 0.3) is 0 Å². The number of ketones is 1. The maximum Gasteiger partial charge on any atom is 0.303 e. The molecule has 0 atom stereocenters. The number of rotatable bonds is 9. The molecule has 0 unspecified atom stereocenters. The van der Waals surface area contributed by atoms with Crippen molar-refractivity contribution in [2.45, 2.75) is 58.3 Å². The summed E-state index contributed by atoms with van der Waals surface area (Å²) >= 11 is 0. The molecule has 0 aromatic carbocycles. The number of allylic oxidation sites excluding steroid dienone is 5. The van der Waals surface area contributed by atoms with Crippen LogP contribution in [0.3, 0.4) is 0 Å². The van der Waals surface area contributed by atoms with Crippen molar-refractivity contribution in [3.63, 3.8) is 0 Å². The summed E-state index contributed by atoms with van der Waals surface area (Å²) in [6.45, 7) is 2.08. The first-order valence-electron chi connectivity index (χ1n) is 7.68. The fraction of sp³-hybridized carbons (Fsp3) is 0.500. The van der Waals surface area contributed by atoms with Crippen LogP contribution in [0, 0.1) is 0 Å². The second-order valence-electron chi connectivity index (χ2n) is 5.17. The van der Waals surface area contributed by atoms with Crippen LogP contribution < -0.4 is 0 Å². The van der Waals surface area contributed by atoms with Gasteiger partial charge in [0.05, 0.1) is 0 Å². The first-order chi connectivity index (χ1) is 10.1. The quantitative estimate of drug-likeness (QED) is 0.389. The van der Waals surface area contributed by atoms with Crippen molar-refractivity contribution in [1.82, 2.24) is 0 Å². The minimum atomic E-state index is -0.742. The van der Waals surface area contributed by atoms with Gasteiger partial charge in [0.1, 0.15) is 0 Å². The number of carboxylic acids is 1. The molecule has 3 heteroatoms. The molecule has 0 fully saturated rings. The van der Waals surface area contributed by atoms with Gasteiger partial charge in [-0.05, 0) is 56.3 Å². The molecule has 0 amide bonds. The Kier molecular flexibility index (Phi) is 8.15. The van der Waals surface area contributed by atoms with Gasteiger partial charge in [-0.3, -0.25) is 9.59 Å². The second kappa shape index (κ2) is 9.95. The fourth-order valence-corrected chi connectivity index (χ4v) is 2.27. The zero-order chi connectivity index (χ0) is 15.5. The number of carbonyl (C=O) groups is 2. The summed E-state index contributed by atoms with van der Waals surface area (Å²) in [5.74, 6) is -0.487. The van der Waals surface area contributed by atoms with Crippen LogP contribution in [0.1, 0.15) is 58.3 Å². The minimum Gasteiger partial charge on any atom is -0.481 e. The van der Waals surface area contributed by atoms with E-state index in [1.54, 1.807) is 0 Å². The molecule has 0 saturated heterocycles. The predicted octanol–water partition coefficient (Wildman–Crippen LogP) is 4.36. The van der Waals surface area contributed by atoms with E-state index in [1.165, 1.54) is 0 Å². The Bertz CT molecular complexity index is 489. The van der Waals surface area contributed by atoms with Crippen LogP contribution in [0.2, 0.25) is 0 Å². The van der Waals surface area contributed by atoms with Crippen molar-refractivity contribution >= 4 is 11.8 Å². The van der Waals surface area contributed by atoms with Crippen LogP contribution >= 0.6 is 0 Å². The average Bonchev–Trinajstić information content (AvgIpc) is 2.79. The molecule has 0 aromatic heterocycles. The molecule has 0 aromatic rings. The number of Topliss-reactive ketones (excluding diaryl/α,β-unsaturated/α-hetero) is 1. The van der Waals surface area contributed by atoms with Gasteiger partial charge in [-0.15, -0.1) is 5.73 Å². The van der Waals surface area contributed by atoms with E-state index in [9.17, 15) is 9.59 Å². The molecule has 1 aliphatic carbocycles. The molecule has 0 heterocycles. The zero-order valence-corrected chi connectivity index (χ0v) is 12.7. The van der Waals surface area contributed by atoms with Crippen molar-refractivity contribution in [2.75, 3.05) is 0 Å². The van der Waals surface area contributed by atoms with Crippen LogP contribution in [-0.4, -0.2) is 16.9 Å².